The fourth-order valence-electron chi connectivity index (χ4n) is 1.71. The van der Waals surface area contributed by atoms with Crippen LogP contribution in [0.2, 0.25) is 0 Å². The molecule has 0 aliphatic carbocycles. The van der Waals surface area contributed by atoms with Gasteiger partial charge in [0, 0.05) is 25.4 Å². The summed E-state index contributed by atoms with van der Waals surface area (Å²) in [5.41, 5.74) is 1.02. The van der Waals surface area contributed by atoms with Crippen molar-refractivity contribution in [3.05, 3.63) is 21.6 Å². The van der Waals surface area contributed by atoms with Crippen LogP contribution in [0, 0.1) is 6.92 Å². The monoisotopic (exact) mass is 297 g/mol. The molecule has 6 nitrogen and oxygen atoms in total. The number of thioether (sulfide) groups is 1. The van der Waals surface area contributed by atoms with Crippen molar-refractivity contribution in [3.8, 4) is 0 Å². The third-order valence-electron chi connectivity index (χ3n) is 2.82. The Morgan fingerprint density at radius 1 is 1.40 bits per heavy atom. The predicted octanol–water partition coefficient (Wildman–Crippen LogP) is 0.779. The minimum atomic E-state index is -0.889. The molecule has 1 aromatic heterocycles. The van der Waals surface area contributed by atoms with E-state index in [4.69, 9.17) is 0 Å². The maximum Gasteiger partial charge on any atom is 0.254 e. The number of hydrogen-bond donors (Lipinski definition) is 1. The average Bonchev–Trinajstić information content (AvgIpc) is 2.34. The number of aromatic nitrogens is 2. The van der Waals surface area contributed by atoms with Crippen LogP contribution in [0.3, 0.4) is 0 Å². The molecule has 1 N–H and O–H groups in total. The van der Waals surface area contributed by atoms with Crippen molar-refractivity contribution in [1.82, 2.24) is 14.9 Å². The first-order valence-corrected chi connectivity index (χ1v) is 7.14. The number of hydrogen-bond acceptors (Lipinski definition) is 5. The van der Waals surface area contributed by atoms with Gasteiger partial charge in [-0.05, 0) is 20.3 Å². The highest BCUT2D eigenvalue weighted by Crippen LogP contribution is 2.21. The number of carbonyl (C=O) groups excluding carboxylic acids is 2. The highest BCUT2D eigenvalue weighted by atomic mass is 32.2. The third kappa shape index (κ3) is 3.69. The van der Waals surface area contributed by atoms with Crippen LogP contribution >= 0.6 is 11.8 Å². The number of ketones is 1. The zero-order valence-electron chi connectivity index (χ0n) is 12.3. The number of carbonyl (C=O) groups is 2. The number of amides is 1. The molecule has 0 unspecified atom stereocenters. The van der Waals surface area contributed by atoms with Gasteiger partial charge in [0.2, 0.25) is 5.91 Å². The van der Waals surface area contributed by atoms with Gasteiger partial charge >= 0.3 is 0 Å². The van der Waals surface area contributed by atoms with E-state index < -0.39 is 5.25 Å². The largest absolute Gasteiger partial charge is 0.347 e. The Morgan fingerprint density at radius 2 is 2.00 bits per heavy atom. The van der Waals surface area contributed by atoms with Gasteiger partial charge in [-0.3, -0.25) is 14.4 Å². The molecule has 0 aromatic carbocycles. The lowest BCUT2D eigenvalue weighted by atomic mass is 10.2. The van der Waals surface area contributed by atoms with Crippen molar-refractivity contribution < 1.29 is 9.59 Å². The molecule has 20 heavy (non-hydrogen) atoms. The minimum Gasteiger partial charge on any atom is -0.347 e. The normalized spacial score (nSPS) is 12.1. The lowest BCUT2D eigenvalue weighted by molar-refractivity contribution is -0.132. The zero-order chi connectivity index (χ0) is 15.4. The maximum atomic E-state index is 11.9. The summed E-state index contributed by atoms with van der Waals surface area (Å²) in [5.74, 6) is -0.587. The van der Waals surface area contributed by atoms with Crippen LogP contribution in [-0.2, 0) is 16.0 Å². The molecular formula is C13H19N3O3S. The smallest absolute Gasteiger partial charge is 0.254 e. The topological polar surface area (TPSA) is 83.1 Å². The second kappa shape index (κ2) is 6.69. The van der Waals surface area contributed by atoms with Crippen LogP contribution in [0.15, 0.2) is 9.95 Å². The molecular weight excluding hydrogens is 278 g/mol. The van der Waals surface area contributed by atoms with E-state index in [1.807, 2.05) is 6.92 Å². The Bertz CT molecular complexity index is 581. The average molecular weight is 297 g/mol. The van der Waals surface area contributed by atoms with Crippen molar-refractivity contribution >= 4 is 23.5 Å². The number of rotatable bonds is 5. The van der Waals surface area contributed by atoms with Gasteiger partial charge in [0.15, 0.2) is 10.9 Å². The number of aryl methyl sites for hydroxylation is 1. The summed E-state index contributed by atoms with van der Waals surface area (Å²) in [6.07, 6.45) is 0.589. The Kier molecular flexibility index (Phi) is 5.50. The zero-order valence-corrected chi connectivity index (χ0v) is 13.1. The predicted molar refractivity (Wildman–Crippen MR) is 78.0 cm³/mol. The van der Waals surface area contributed by atoms with Gasteiger partial charge in [-0.2, -0.15) is 0 Å². The first-order valence-electron chi connectivity index (χ1n) is 6.26. The van der Waals surface area contributed by atoms with E-state index in [-0.39, 0.29) is 17.2 Å². The Balaban J connectivity index is 3.10. The SMILES string of the molecule is CCc1c(C)nc(S[C@@H](C(C)=O)C(=O)N(C)C)[nH]c1=O. The van der Waals surface area contributed by atoms with Crippen LogP contribution in [0.1, 0.15) is 25.1 Å². The molecule has 7 heteroatoms. The quantitative estimate of drug-likeness (QED) is 0.493. The van der Waals surface area contributed by atoms with Crippen molar-refractivity contribution in [3.63, 3.8) is 0 Å². The van der Waals surface area contributed by atoms with Gasteiger partial charge in [-0.15, -0.1) is 0 Å². The number of nitrogens with one attached hydrogen (secondary N) is 1. The van der Waals surface area contributed by atoms with Crippen molar-refractivity contribution in [2.45, 2.75) is 37.6 Å². The molecule has 0 spiro atoms. The summed E-state index contributed by atoms with van der Waals surface area (Å²) < 4.78 is 0. The molecule has 1 amide bonds. The fourth-order valence-corrected chi connectivity index (χ4v) is 2.75. The van der Waals surface area contributed by atoms with Gasteiger partial charge < -0.3 is 9.88 Å². The van der Waals surface area contributed by atoms with Gasteiger partial charge in [-0.25, -0.2) is 4.98 Å². The first kappa shape index (κ1) is 16.4. The number of Topliss-reactive ketones (excluding diaryl/α,β-unsaturated/α-hetero) is 1. The molecule has 0 aliphatic heterocycles. The number of H-pyrrole nitrogens is 1. The third-order valence-corrected chi connectivity index (χ3v) is 4.00. The van der Waals surface area contributed by atoms with E-state index in [2.05, 4.69) is 9.97 Å². The lowest BCUT2D eigenvalue weighted by Gasteiger charge is -2.17. The number of aromatic amines is 1. The van der Waals surface area contributed by atoms with Crippen LogP contribution in [0.5, 0.6) is 0 Å². The second-order valence-electron chi connectivity index (χ2n) is 4.63. The summed E-state index contributed by atoms with van der Waals surface area (Å²) in [5, 5.41) is -0.597. The van der Waals surface area contributed by atoms with Gasteiger partial charge in [-0.1, -0.05) is 18.7 Å². The van der Waals surface area contributed by atoms with E-state index >= 15 is 0 Å². The second-order valence-corrected chi connectivity index (χ2v) is 5.72. The molecule has 1 heterocycles. The van der Waals surface area contributed by atoms with Gasteiger partial charge in [0.05, 0.1) is 0 Å². The van der Waals surface area contributed by atoms with E-state index in [1.165, 1.54) is 11.8 Å². The Morgan fingerprint density at radius 3 is 2.40 bits per heavy atom. The standard InChI is InChI=1S/C13H19N3O3S/c1-6-9-7(2)14-13(15-11(9)18)20-10(8(3)17)12(19)16(4)5/h10H,6H2,1-5H3,(H,14,15,18)/t10-/m0/s1. The van der Waals surface area contributed by atoms with Crippen LogP contribution in [0.4, 0.5) is 0 Å². The molecule has 1 atom stereocenters. The fraction of sp³-hybridized carbons (Fsp3) is 0.538. The molecule has 0 bridgehead atoms. The van der Waals surface area contributed by atoms with Gasteiger partial charge in [0.25, 0.3) is 5.56 Å². The van der Waals surface area contributed by atoms with E-state index in [9.17, 15) is 14.4 Å². The van der Waals surface area contributed by atoms with Crippen molar-refractivity contribution in [2.24, 2.45) is 0 Å². The van der Waals surface area contributed by atoms with Crippen LogP contribution in [0.25, 0.3) is 0 Å². The van der Waals surface area contributed by atoms with Crippen molar-refractivity contribution in [2.75, 3.05) is 14.1 Å². The van der Waals surface area contributed by atoms with E-state index in [0.29, 0.717) is 22.8 Å². The molecule has 0 aliphatic rings. The number of nitrogens with zero attached hydrogens (tertiary/aromatic N) is 2. The van der Waals surface area contributed by atoms with E-state index in [1.54, 1.807) is 21.0 Å². The maximum absolute atomic E-state index is 11.9. The molecule has 1 rings (SSSR count). The summed E-state index contributed by atoms with van der Waals surface area (Å²) in [6, 6.07) is 0. The minimum absolute atomic E-state index is 0.220. The molecule has 0 saturated heterocycles. The molecule has 0 radical (unpaired) electrons. The molecule has 0 fully saturated rings. The highest BCUT2D eigenvalue weighted by molar-refractivity contribution is 8.01. The Labute approximate surface area is 122 Å². The summed E-state index contributed by atoms with van der Waals surface area (Å²) >= 11 is 0.973. The lowest BCUT2D eigenvalue weighted by Crippen LogP contribution is -2.36. The van der Waals surface area contributed by atoms with Gasteiger partial charge in [0.1, 0.15) is 5.25 Å². The first-order chi connectivity index (χ1) is 9.27. The van der Waals surface area contributed by atoms with Crippen LogP contribution in [-0.4, -0.2) is 45.9 Å². The molecule has 1 aromatic rings. The summed E-state index contributed by atoms with van der Waals surface area (Å²) in [4.78, 5) is 43.6. The van der Waals surface area contributed by atoms with Crippen LogP contribution < -0.4 is 5.56 Å². The summed E-state index contributed by atoms with van der Waals surface area (Å²) in [7, 11) is 3.17. The van der Waals surface area contributed by atoms with Crippen molar-refractivity contribution in [1.29, 1.82) is 0 Å². The summed E-state index contributed by atoms with van der Waals surface area (Å²) in [6.45, 7) is 4.97. The van der Waals surface area contributed by atoms with E-state index in [0.717, 1.165) is 11.8 Å². The highest BCUT2D eigenvalue weighted by Gasteiger charge is 2.27. The Hall–Kier alpha value is -1.63. The molecule has 110 valence electrons. The molecule has 0 saturated carbocycles.